The fraction of sp³-hybridized carbons (Fsp3) is 0.435. The Labute approximate surface area is 208 Å². The minimum Gasteiger partial charge on any atom is -0.381 e. The number of aromatic amines is 1. The van der Waals surface area contributed by atoms with Crippen LogP contribution in [0.4, 0.5) is 34.8 Å². The van der Waals surface area contributed by atoms with Gasteiger partial charge in [-0.25, -0.2) is 35.9 Å². The van der Waals surface area contributed by atoms with Crippen molar-refractivity contribution in [3.05, 3.63) is 35.7 Å². The Morgan fingerprint density at radius 3 is 2.59 bits per heavy atom. The summed E-state index contributed by atoms with van der Waals surface area (Å²) in [5.41, 5.74) is 0.810. The van der Waals surface area contributed by atoms with Crippen molar-refractivity contribution in [2.75, 3.05) is 30.1 Å². The number of rotatable bonds is 7. The Morgan fingerprint density at radius 2 is 1.97 bits per heavy atom. The van der Waals surface area contributed by atoms with Crippen LogP contribution in [0.5, 0.6) is 0 Å². The van der Waals surface area contributed by atoms with Gasteiger partial charge in [-0.1, -0.05) is 6.07 Å². The van der Waals surface area contributed by atoms with Gasteiger partial charge < -0.3 is 20.4 Å². The van der Waals surface area contributed by atoms with Crippen molar-refractivity contribution in [1.82, 2.24) is 15.0 Å². The first-order chi connectivity index (χ1) is 17.4. The number of alkyl halides is 4. The first-order valence-corrected chi connectivity index (χ1v) is 13.4. The molecule has 1 aliphatic carbocycles. The van der Waals surface area contributed by atoms with E-state index in [0.717, 1.165) is 24.7 Å². The summed E-state index contributed by atoms with van der Waals surface area (Å²) in [4.78, 5) is 22.3. The van der Waals surface area contributed by atoms with Gasteiger partial charge in [0.1, 0.15) is 17.3 Å². The molecule has 3 aromatic rings. The third-order valence-corrected chi connectivity index (χ3v) is 7.52. The summed E-state index contributed by atoms with van der Waals surface area (Å²) in [7, 11) is -3.74. The molecule has 0 bridgehead atoms. The highest BCUT2D eigenvalue weighted by Crippen LogP contribution is 2.49. The molecule has 1 amide bonds. The molecule has 3 heterocycles. The van der Waals surface area contributed by atoms with Crippen molar-refractivity contribution in [2.45, 2.75) is 42.4 Å². The number of nitrogens with one attached hydrogen (secondary N) is 3. The molecule has 0 radical (unpaired) electrons. The van der Waals surface area contributed by atoms with Gasteiger partial charge in [0.2, 0.25) is 5.91 Å². The maximum atomic E-state index is 13.3. The predicted octanol–water partition coefficient (Wildman–Crippen LogP) is 4.53. The molecule has 1 saturated carbocycles. The molecule has 2 atom stereocenters. The molecule has 5 rings (SSSR count). The van der Waals surface area contributed by atoms with E-state index in [1.165, 1.54) is 6.07 Å². The zero-order valence-electron chi connectivity index (χ0n) is 19.5. The Morgan fingerprint density at radius 1 is 1.22 bits per heavy atom. The first-order valence-electron chi connectivity index (χ1n) is 11.5. The van der Waals surface area contributed by atoms with Crippen LogP contribution in [0, 0.1) is 5.92 Å². The van der Waals surface area contributed by atoms with Gasteiger partial charge in [-0.2, -0.15) is 0 Å². The van der Waals surface area contributed by atoms with E-state index in [9.17, 15) is 30.8 Å². The summed E-state index contributed by atoms with van der Waals surface area (Å²) < 4.78 is 84.1. The van der Waals surface area contributed by atoms with E-state index in [4.69, 9.17) is 4.74 Å². The number of hydrogen-bond acceptors (Lipinski definition) is 7. The Kier molecular flexibility index (Phi) is 6.34. The molecule has 3 N–H and O–H groups in total. The second-order valence-corrected chi connectivity index (χ2v) is 11.2. The molecule has 1 unspecified atom stereocenters. The van der Waals surface area contributed by atoms with Gasteiger partial charge in [0.25, 0.3) is 12.3 Å². The number of carbonyl (C=O) groups is 1. The smallest absolute Gasteiger partial charge is 0.295 e. The quantitative estimate of drug-likeness (QED) is 0.375. The number of amides is 1. The summed E-state index contributed by atoms with van der Waals surface area (Å²) in [6.07, 6.45) is -0.826. The SMILES string of the molecule is CS(=O)(=O)c1cc(C2CCCOC2)ccc1Nc1cc(NC(=O)[C@@H]2CC2(F)F)nc2nc(C(F)F)[nH]c12. The van der Waals surface area contributed by atoms with Crippen molar-refractivity contribution >= 4 is 44.1 Å². The summed E-state index contributed by atoms with van der Waals surface area (Å²) in [5.74, 6) is -6.46. The lowest BCUT2D eigenvalue weighted by atomic mass is 9.93. The van der Waals surface area contributed by atoms with Gasteiger partial charge in [0.15, 0.2) is 21.3 Å². The van der Waals surface area contributed by atoms with Crippen molar-refractivity contribution in [3.8, 4) is 0 Å². The van der Waals surface area contributed by atoms with E-state index in [1.54, 1.807) is 18.2 Å². The van der Waals surface area contributed by atoms with Crippen molar-refractivity contribution in [3.63, 3.8) is 0 Å². The molecule has 1 aromatic carbocycles. The van der Waals surface area contributed by atoms with Crippen molar-refractivity contribution in [2.24, 2.45) is 5.92 Å². The second kappa shape index (κ2) is 9.24. The summed E-state index contributed by atoms with van der Waals surface area (Å²) in [6, 6.07) is 6.10. The first kappa shape index (κ1) is 25.4. The van der Waals surface area contributed by atoms with E-state index in [2.05, 4.69) is 25.6 Å². The average molecular weight is 542 g/mol. The standard InChI is InChI=1S/C23H23F4N5O4S/c1-37(34,35)16-7-11(12-3-2-6-36-10-12)4-5-14(16)28-15-8-17(30-22(33)13-9-23(13,26)27)29-20-18(15)31-21(32-20)19(24)25/h4-5,7-8,12-13,19H,2-3,6,9-10H2,1H3,(H3,28,29,30,31,32,33)/t12?,13-/m0/s1. The molecule has 1 aliphatic heterocycles. The number of anilines is 3. The average Bonchev–Trinajstić information content (AvgIpc) is 3.27. The lowest BCUT2D eigenvalue weighted by molar-refractivity contribution is -0.119. The van der Waals surface area contributed by atoms with Crippen LogP contribution in [0.2, 0.25) is 0 Å². The Bertz CT molecular complexity index is 1470. The third-order valence-electron chi connectivity index (χ3n) is 6.39. The number of imidazole rings is 1. The molecule has 198 valence electrons. The lowest BCUT2D eigenvalue weighted by Crippen LogP contribution is -2.18. The number of ether oxygens (including phenoxy) is 1. The highest BCUT2D eigenvalue weighted by Gasteiger charge is 2.61. The van der Waals surface area contributed by atoms with E-state index >= 15 is 0 Å². The number of sulfone groups is 1. The van der Waals surface area contributed by atoms with Crippen LogP contribution in [-0.4, -0.2) is 54.7 Å². The number of aromatic nitrogens is 3. The van der Waals surface area contributed by atoms with Crippen LogP contribution in [0.15, 0.2) is 29.2 Å². The lowest BCUT2D eigenvalue weighted by Gasteiger charge is -2.23. The maximum Gasteiger partial charge on any atom is 0.295 e. The van der Waals surface area contributed by atoms with Crippen LogP contribution in [0.25, 0.3) is 11.2 Å². The number of carbonyl (C=O) groups excluding carboxylic acids is 1. The molecule has 14 heteroatoms. The third kappa shape index (κ3) is 5.25. The molecular formula is C23H23F4N5O4S. The van der Waals surface area contributed by atoms with E-state index < -0.39 is 46.3 Å². The fourth-order valence-corrected chi connectivity index (χ4v) is 5.20. The topological polar surface area (TPSA) is 126 Å². The van der Waals surface area contributed by atoms with Crippen LogP contribution < -0.4 is 10.6 Å². The van der Waals surface area contributed by atoms with Gasteiger partial charge in [-0.15, -0.1) is 0 Å². The number of H-pyrrole nitrogens is 1. The van der Waals surface area contributed by atoms with E-state index in [-0.39, 0.29) is 39.2 Å². The zero-order chi connectivity index (χ0) is 26.5. The van der Waals surface area contributed by atoms with Crippen LogP contribution in [0.1, 0.15) is 43.0 Å². The van der Waals surface area contributed by atoms with E-state index in [1.807, 2.05) is 0 Å². The Hall–Kier alpha value is -3.26. The molecule has 2 fully saturated rings. The summed E-state index contributed by atoms with van der Waals surface area (Å²) in [6.45, 7) is 1.11. The molecule has 2 aromatic heterocycles. The van der Waals surface area contributed by atoms with Gasteiger partial charge in [-0.3, -0.25) is 4.79 Å². The number of benzene rings is 1. The normalized spacial score (nSPS) is 21.2. The summed E-state index contributed by atoms with van der Waals surface area (Å²) in [5, 5.41) is 5.18. The highest BCUT2D eigenvalue weighted by molar-refractivity contribution is 7.90. The van der Waals surface area contributed by atoms with Crippen LogP contribution in [-0.2, 0) is 19.4 Å². The number of nitrogens with zero attached hydrogens (tertiary/aromatic N) is 2. The summed E-state index contributed by atoms with van der Waals surface area (Å²) >= 11 is 0. The number of fused-ring (bicyclic) bond motifs is 1. The van der Waals surface area contributed by atoms with Crippen LogP contribution >= 0.6 is 0 Å². The monoisotopic (exact) mass is 541 g/mol. The highest BCUT2D eigenvalue weighted by atomic mass is 32.2. The number of halogens is 4. The van der Waals surface area contributed by atoms with Crippen molar-refractivity contribution < 1.29 is 35.5 Å². The second-order valence-electron chi connectivity index (χ2n) is 9.25. The van der Waals surface area contributed by atoms with Gasteiger partial charge in [-0.05, 0) is 30.5 Å². The number of pyridine rings is 1. The van der Waals surface area contributed by atoms with Gasteiger partial charge in [0.05, 0.1) is 22.9 Å². The van der Waals surface area contributed by atoms with Gasteiger partial charge >= 0.3 is 0 Å². The molecule has 37 heavy (non-hydrogen) atoms. The molecular weight excluding hydrogens is 518 g/mol. The fourth-order valence-electron chi connectivity index (χ4n) is 4.33. The van der Waals surface area contributed by atoms with Crippen molar-refractivity contribution in [1.29, 1.82) is 0 Å². The number of hydrogen-bond donors (Lipinski definition) is 3. The predicted molar refractivity (Wildman–Crippen MR) is 126 cm³/mol. The van der Waals surface area contributed by atoms with Gasteiger partial charge in [0, 0.05) is 31.3 Å². The molecule has 1 saturated heterocycles. The maximum absolute atomic E-state index is 13.3. The van der Waals surface area contributed by atoms with E-state index in [0.29, 0.717) is 13.2 Å². The van der Waals surface area contributed by atoms with Crippen LogP contribution in [0.3, 0.4) is 0 Å². The minimum absolute atomic E-state index is 0.0225. The molecule has 2 aliphatic rings. The molecule has 9 nitrogen and oxygen atoms in total. The Balaban J connectivity index is 1.54. The minimum atomic E-state index is -3.74. The zero-order valence-corrected chi connectivity index (χ0v) is 20.3. The molecule has 0 spiro atoms. The largest absolute Gasteiger partial charge is 0.381 e.